The van der Waals surface area contributed by atoms with Crippen LogP contribution in [-0.4, -0.2) is 42.4 Å². The Morgan fingerprint density at radius 2 is 0.690 bits per heavy atom. The van der Waals surface area contributed by atoms with Gasteiger partial charge in [0.25, 0.3) is 0 Å². The van der Waals surface area contributed by atoms with E-state index in [9.17, 15) is 5.11 Å². The molecule has 0 rings (SSSR count). The summed E-state index contributed by atoms with van der Waals surface area (Å²) in [7, 11) is 0. The first-order valence-electron chi connectivity index (χ1n) is 13.2. The minimum Gasteiger partial charge on any atom is -1.00 e. The van der Waals surface area contributed by atoms with Crippen LogP contribution in [0.2, 0.25) is 0 Å². The molecule has 0 aromatic carbocycles. The average molecular weight is 479 g/mol. The Balaban J connectivity index is 0. The van der Waals surface area contributed by atoms with E-state index in [-0.39, 0.29) is 17.0 Å². The van der Waals surface area contributed by atoms with Crippen molar-refractivity contribution in [3.8, 4) is 0 Å². The third kappa shape index (κ3) is 20.1. The topological polar surface area (TPSA) is 20.2 Å². The fourth-order valence-electron chi connectivity index (χ4n) is 4.57. The van der Waals surface area contributed by atoms with Gasteiger partial charge in [0.1, 0.15) is 6.54 Å². The Hall–Kier alpha value is 0.400. The lowest BCUT2D eigenvalue weighted by Crippen LogP contribution is -3.00. The maximum atomic E-state index is 9.80. The van der Waals surface area contributed by atoms with Gasteiger partial charge in [0, 0.05) is 0 Å². The Labute approximate surface area is 195 Å². The molecule has 1 N–H and O–H groups in total. The summed E-state index contributed by atoms with van der Waals surface area (Å²) in [6, 6.07) is 0. The van der Waals surface area contributed by atoms with Gasteiger partial charge in [0.05, 0.1) is 26.2 Å². The summed E-state index contributed by atoms with van der Waals surface area (Å²) >= 11 is 0. The number of unbranched alkanes of at least 4 members (excludes halogenated alkanes) is 15. The number of halogens is 1. The molecule has 0 aromatic heterocycles. The van der Waals surface area contributed by atoms with E-state index in [1.807, 2.05) is 0 Å². The summed E-state index contributed by atoms with van der Waals surface area (Å²) in [6.45, 7) is 12.1. The molecule has 0 fully saturated rings. The lowest BCUT2D eigenvalue weighted by molar-refractivity contribution is -0.929. The molecule has 3 heteroatoms. The average Bonchev–Trinajstić information content (AvgIpc) is 2.70. The van der Waals surface area contributed by atoms with Gasteiger partial charge in [-0.05, 0) is 38.5 Å². The van der Waals surface area contributed by atoms with Crippen molar-refractivity contribution in [2.75, 3.05) is 32.8 Å². The third-order valence-electron chi connectivity index (χ3n) is 6.53. The molecule has 0 aliphatic carbocycles. The van der Waals surface area contributed by atoms with Gasteiger partial charge in [-0.3, -0.25) is 0 Å². The Morgan fingerprint density at radius 1 is 0.414 bits per heavy atom. The lowest BCUT2D eigenvalue weighted by Gasteiger charge is -2.39. The SMILES string of the molecule is CCCCCCCC[N+](CCO)(CCCCCCCC)CCCCCCCC.[Br-]. The Bertz CT molecular complexity index is 258. The number of hydrogen-bond donors (Lipinski definition) is 1. The monoisotopic (exact) mass is 477 g/mol. The molecule has 0 amide bonds. The molecular formula is C26H56BrNO. The summed E-state index contributed by atoms with van der Waals surface area (Å²) in [5, 5.41) is 9.80. The molecule has 29 heavy (non-hydrogen) atoms. The highest BCUT2D eigenvalue weighted by atomic mass is 79.9. The van der Waals surface area contributed by atoms with Crippen molar-refractivity contribution >= 4 is 0 Å². The van der Waals surface area contributed by atoms with Gasteiger partial charge in [-0.15, -0.1) is 0 Å². The van der Waals surface area contributed by atoms with E-state index in [2.05, 4.69) is 20.8 Å². The highest BCUT2D eigenvalue weighted by molar-refractivity contribution is 4.53. The van der Waals surface area contributed by atoms with Crippen molar-refractivity contribution in [2.24, 2.45) is 0 Å². The molecule has 0 heterocycles. The van der Waals surface area contributed by atoms with Crippen molar-refractivity contribution in [1.29, 1.82) is 0 Å². The van der Waals surface area contributed by atoms with Crippen molar-refractivity contribution in [3.63, 3.8) is 0 Å². The largest absolute Gasteiger partial charge is 1.00 e. The normalized spacial score (nSPS) is 11.6. The van der Waals surface area contributed by atoms with E-state index in [0.717, 1.165) is 6.54 Å². The first-order chi connectivity index (χ1) is 13.7. The molecule has 0 aromatic rings. The second-order valence-electron chi connectivity index (χ2n) is 9.26. The molecule has 0 unspecified atom stereocenters. The fourth-order valence-corrected chi connectivity index (χ4v) is 4.57. The number of hydrogen-bond acceptors (Lipinski definition) is 1. The van der Waals surface area contributed by atoms with Crippen LogP contribution in [0.15, 0.2) is 0 Å². The molecule has 2 nitrogen and oxygen atoms in total. The molecule has 0 spiro atoms. The summed E-state index contributed by atoms with van der Waals surface area (Å²) in [5.74, 6) is 0. The van der Waals surface area contributed by atoms with E-state index in [1.165, 1.54) is 140 Å². The van der Waals surface area contributed by atoms with E-state index in [1.54, 1.807) is 0 Å². The molecule has 178 valence electrons. The lowest BCUT2D eigenvalue weighted by atomic mass is 10.1. The van der Waals surface area contributed by atoms with Crippen molar-refractivity contribution < 1.29 is 26.6 Å². The first-order valence-corrected chi connectivity index (χ1v) is 13.2. The van der Waals surface area contributed by atoms with Crippen LogP contribution in [0.25, 0.3) is 0 Å². The van der Waals surface area contributed by atoms with Gasteiger partial charge < -0.3 is 26.6 Å². The summed E-state index contributed by atoms with van der Waals surface area (Å²) < 4.78 is 1.20. The zero-order chi connectivity index (χ0) is 20.8. The number of rotatable bonds is 23. The van der Waals surface area contributed by atoms with Crippen LogP contribution in [0.5, 0.6) is 0 Å². The second-order valence-corrected chi connectivity index (χ2v) is 9.26. The standard InChI is InChI=1S/C26H56NO.BrH/c1-4-7-10-13-16-19-22-27(25-26-28,23-20-17-14-11-8-5-2)24-21-18-15-12-9-6-3;/h28H,4-26H2,1-3H3;1H/q+1;/p-1. The quantitative estimate of drug-likeness (QED) is 0.164. The van der Waals surface area contributed by atoms with Gasteiger partial charge in [0.2, 0.25) is 0 Å². The molecule has 0 bridgehead atoms. The molecule has 0 aliphatic rings. The molecule has 0 saturated carbocycles. The van der Waals surface area contributed by atoms with Crippen LogP contribution < -0.4 is 17.0 Å². The van der Waals surface area contributed by atoms with Crippen molar-refractivity contribution in [3.05, 3.63) is 0 Å². The van der Waals surface area contributed by atoms with Crippen LogP contribution in [-0.2, 0) is 0 Å². The van der Waals surface area contributed by atoms with Gasteiger partial charge in [-0.1, -0.05) is 97.8 Å². The maximum Gasteiger partial charge on any atom is 0.102 e. The molecule has 0 saturated heterocycles. The van der Waals surface area contributed by atoms with E-state index in [4.69, 9.17) is 0 Å². The number of nitrogens with zero attached hydrogens (tertiary/aromatic N) is 1. The minimum absolute atomic E-state index is 0. The van der Waals surface area contributed by atoms with Crippen LogP contribution in [0.4, 0.5) is 0 Å². The van der Waals surface area contributed by atoms with Gasteiger partial charge in [-0.25, -0.2) is 0 Å². The molecule has 0 atom stereocenters. The van der Waals surface area contributed by atoms with Gasteiger partial charge >= 0.3 is 0 Å². The summed E-state index contributed by atoms with van der Waals surface area (Å²) in [4.78, 5) is 0. The predicted molar refractivity (Wildman–Crippen MR) is 127 cm³/mol. The van der Waals surface area contributed by atoms with Crippen molar-refractivity contribution in [1.82, 2.24) is 0 Å². The minimum atomic E-state index is 0. The Morgan fingerprint density at radius 3 is 0.966 bits per heavy atom. The highest BCUT2D eigenvalue weighted by Gasteiger charge is 2.25. The van der Waals surface area contributed by atoms with Gasteiger partial charge in [0.15, 0.2) is 0 Å². The number of quaternary nitrogens is 1. The second kappa shape index (κ2) is 24.7. The molecular weight excluding hydrogens is 422 g/mol. The molecule has 0 radical (unpaired) electrons. The van der Waals surface area contributed by atoms with Gasteiger partial charge in [-0.2, -0.15) is 0 Å². The van der Waals surface area contributed by atoms with Crippen LogP contribution >= 0.6 is 0 Å². The van der Waals surface area contributed by atoms with Crippen molar-refractivity contribution in [2.45, 2.75) is 136 Å². The fraction of sp³-hybridized carbons (Fsp3) is 1.00. The first kappa shape index (κ1) is 31.6. The van der Waals surface area contributed by atoms with E-state index < -0.39 is 0 Å². The summed E-state index contributed by atoms with van der Waals surface area (Å²) in [6.07, 6.45) is 24.9. The smallest absolute Gasteiger partial charge is 0.102 e. The Kier molecular flexibility index (Phi) is 26.9. The number of aliphatic hydroxyl groups excluding tert-OH is 1. The van der Waals surface area contributed by atoms with Crippen LogP contribution in [0.3, 0.4) is 0 Å². The molecule has 0 aliphatic heterocycles. The van der Waals surface area contributed by atoms with Crippen LogP contribution in [0, 0.1) is 0 Å². The zero-order valence-electron chi connectivity index (χ0n) is 20.5. The number of aliphatic hydroxyl groups is 1. The maximum absolute atomic E-state index is 9.80. The zero-order valence-corrected chi connectivity index (χ0v) is 22.1. The van der Waals surface area contributed by atoms with Crippen LogP contribution in [0.1, 0.15) is 136 Å². The highest BCUT2D eigenvalue weighted by Crippen LogP contribution is 2.18. The summed E-state index contributed by atoms with van der Waals surface area (Å²) in [5.41, 5.74) is 0. The predicted octanol–water partition coefficient (Wildman–Crippen LogP) is 4.88. The third-order valence-corrected chi connectivity index (χ3v) is 6.53. The van der Waals surface area contributed by atoms with E-state index in [0.29, 0.717) is 6.61 Å². The van der Waals surface area contributed by atoms with E-state index >= 15 is 0 Å².